The van der Waals surface area contributed by atoms with E-state index in [1.165, 1.54) is 10.9 Å². The first kappa shape index (κ1) is 18.5. The largest absolute Gasteiger partial charge is 0.495 e. The van der Waals surface area contributed by atoms with Crippen LogP contribution in [0.1, 0.15) is 0 Å². The molecule has 1 aromatic carbocycles. The number of rotatable bonds is 4. The lowest BCUT2D eigenvalue weighted by Crippen LogP contribution is -2.49. The Morgan fingerprint density at radius 3 is 2.79 bits per heavy atom. The van der Waals surface area contributed by atoms with E-state index in [4.69, 9.17) is 16.3 Å². The van der Waals surface area contributed by atoms with E-state index >= 15 is 0 Å². The predicted molar refractivity (Wildman–Crippen MR) is 104 cm³/mol. The number of amides is 1. The average Bonchev–Trinajstić information content (AvgIpc) is 3.04. The summed E-state index contributed by atoms with van der Waals surface area (Å²) < 4.78 is 20.5. The number of carbonyl (C=O) groups excluding carboxylic acids is 1. The topological polar surface area (TPSA) is 63.5 Å². The number of halogens is 2. The molecule has 0 radical (unpaired) electrons. The summed E-state index contributed by atoms with van der Waals surface area (Å²) in [6.07, 6.45) is 1.50. The van der Waals surface area contributed by atoms with Crippen molar-refractivity contribution in [3.05, 3.63) is 47.5 Å². The van der Waals surface area contributed by atoms with Gasteiger partial charge < -0.3 is 14.5 Å². The Morgan fingerprint density at radius 1 is 1.25 bits per heavy atom. The zero-order valence-electron chi connectivity index (χ0n) is 15.3. The van der Waals surface area contributed by atoms with Crippen LogP contribution in [0.15, 0.2) is 36.5 Å². The first-order chi connectivity index (χ1) is 13.6. The molecule has 0 atom stereocenters. The molecule has 0 spiro atoms. The highest BCUT2D eigenvalue weighted by molar-refractivity contribution is 6.32. The third-order valence-electron chi connectivity index (χ3n) is 4.89. The van der Waals surface area contributed by atoms with Gasteiger partial charge in [0.05, 0.1) is 17.6 Å². The van der Waals surface area contributed by atoms with Crippen molar-refractivity contribution in [3.8, 4) is 5.75 Å². The molecule has 0 bridgehead atoms. The van der Waals surface area contributed by atoms with E-state index in [1.54, 1.807) is 30.2 Å². The van der Waals surface area contributed by atoms with Crippen molar-refractivity contribution >= 4 is 34.2 Å². The highest BCUT2D eigenvalue weighted by atomic mass is 35.5. The zero-order valence-corrected chi connectivity index (χ0v) is 16.1. The third kappa shape index (κ3) is 3.47. The smallest absolute Gasteiger partial charge is 0.258 e. The number of methoxy groups -OCH3 is 1. The van der Waals surface area contributed by atoms with Crippen LogP contribution >= 0.6 is 11.6 Å². The number of piperazine rings is 1. The maximum absolute atomic E-state index is 13.9. The number of carbonyl (C=O) groups is 1. The van der Waals surface area contributed by atoms with Gasteiger partial charge in [0, 0.05) is 44.1 Å². The maximum Gasteiger partial charge on any atom is 0.258 e. The van der Waals surface area contributed by atoms with Gasteiger partial charge in [-0.05, 0) is 24.3 Å². The fourth-order valence-electron chi connectivity index (χ4n) is 3.38. The molecule has 1 fully saturated rings. The van der Waals surface area contributed by atoms with Gasteiger partial charge in [-0.3, -0.25) is 9.48 Å². The summed E-state index contributed by atoms with van der Waals surface area (Å²) in [5.41, 5.74) is 1.69. The normalized spacial score (nSPS) is 14.5. The van der Waals surface area contributed by atoms with E-state index in [0.29, 0.717) is 42.5 Å². The SMILES string of the molecule is COc1cc(N2CCN(C(=O)Cn3nc(F)c4ncccc43)CC2)ccc1Cl. The molecule has 1 aliphatic heterocycles. The summed E-state index contributed by atoms with van der Waals surface area (Å²) >= 11 is 6.08. The van der Waals surface area contributed by atoms with Crippen molar-refractivity contribution in [2.45, 2.75) is 6.54 Å². The number of benzene rings is 1. The zero-order chi connectivity index (χ0) is 19.7. The number of hydrogen-bond donors (Lipinski definition) is 0. The van der Waals surface area contributed by atoms with Crippen molar-refractivity contribution in [1.82, 2.24) is 19.7 Å². The Kier molecular flexibility index (Phi) is 5.04. The highest BCUT2D eigenvalue weighted by Crippen LogP contribution is 2.29. The quantitative estimate of drug-likeness (QED) is 0.670. The van der Waals surface area contributed by atoms with Crippen LogP contribution in [0.2, 0.25) is 5.02 Å². The molecule has 1 aliphatic rings. The van der Waals surface area contributed by atoms with Crippen LogP contribution in [0.5, 0.6) is 5.75 Å². The molecule has 0 aliphatic carbocycles. The van der Waals surface area contributed by atoms with E-state index in [2.05, 4.69) is 15.0 Å². The van der Waals surface area contributed by atoms with Crippen LogP contribution in [0.4, 0.5) is 10.1 Å². The lowest BCUT2D eigenvalue weighted by Gasteiger charge is -2.36. The lowest BCUT2D eigenvalue weighted by molar-refractivity contribution is -0.132. The number of anilines is 1. The fourth-order valence-corrected chi connectivity index (χ4v) is 3.57. The molecule has 1 saturated heterocycles. The Hall–Kier alpha value is -2.87. The number of nitrogens with zero attached hydrogens (tertiary/aromatic N) is 5. The number of hydrogen-bond acceptors (Lipinski definition) is 5. The van der Waals surface area contributed by atoms with Gasteiger partial charge in [-0.2, -0.15) is 4.39 Å². The minimum Gasteiger partial charge on any atom is -0.495 e. The standard InChI is InChI=1S/C19H19ClFN5O2/c1-28-16-11-13(4-5-14(16)20)24-7-9-25(10-8-24)17(27)12-26-15-3-2-6-22-18(15)19(21)23-26/h2-6,11H,7-10,12H2,1H3. The summed E-state index contributed by atoms with van der Waals surface area (Å²) in [7, 11) is 1.58. The minimum atomic E-state index is -0.662. The van der Waals surface area contributed by atoms with Gasteiger partial charge in [-0.25, -0.2) is 4.98 Å². The van der Waals surface area contributed by atoms with E-state index in [1.807, 2.05) is 12.1 Å². The van der Waals surface area contributed by atoms with Gasteiger partial charge in [-0.1, -0.05) is 11.6 Å². The van der Waals surface area contributed by atoms with E-state index in [0.717, 1.165) is 5.69 Å². The summed E-state index contributed by atoms with van der Waals surface area (Å²) in [6.45, 7) is 2.51. The van der Waals surface area contributed by atoms with Crippen LogP contribution in [0.3, 0.4) is 0 Å². The third-order valence-corrected chi connectivity index (χ3v) is 5.20. The first-order valence-corrected chi connectivity index (χ1v) is 9.28. The van der Waals surface area contributed by atoms with Crippen molar-refractivity contribution in [2.75, 3.05) is 38.2 Å². The Bertz CT molecular complexity index is 1020. The number of fused-ring (bicyclic) bond motifs is 1. The van der Waals surface area contributed by atoms with E-state index in [-0.39, 0.29) is 18.0 Å². The Balaban J connectivity index is 1.41. The van der Waals surface area contributed by atoms with Gasteiger partial charge in [0.1, 0.15) is 17.8 Å². The second kappa shape index (κ2) is 7.63. The first-order valence-electron chi connectivity index (χ1n) is 8.90. The van der Waals surface area contributed by atoms with Crippen LogP contribution in [-0.2, 0) is 11.3 Å². The minimum absolute atomic E-state index is 0.0130. The van der Waals surface area contributed by atoms with Crippen LogP contribution in [0.25, 0.3) is 11.0 Å². The Labute approximate surface area is 166 Å². The molecule has 2 aromatic heterocycles. The lowest BCUT2D eigenvalue weighted by atomic mass is 10.2. The van der Waals surface area contributed by atoms with Crippen molar-refractivity contribution in [3.63, 3.8) is 0 Å². The highest BCUT2D eigenvalue weighted by Gasteiger charge is 2.23. The number of pyridine rings is 1. The second-order valence-electron chi connectivity index (χ2n) is 6.51. The summed E-state index contributed by atoms with van der Waals surface area (Å²) in [6, 6.07) is 9.04. The molecule has 4 rings (SSSR count). The van der Waals surface area contributed by atoms with Gasteiger partial charge in [0.15, 0.2) is 0 Å². The monoisotopic (exact) mass is 403 g/mol. The molecule has 0 saturated carbocycles. The van der Waals surface area contributed by atoms with Gasteiger partial charge in [0.2, 0.25) is 5.91 Å². The van der Waals surface area contributed by atoms with Gasteiger partial charge in [-0.15, -0.1) is 5.10 Å². The molecule has 3 heterocycles. The van der Waals surface area contributed by atoms with Crippen molar-refractivity contribution in [1.29, 1.82) is 0 Å². The summed E-state index contributed by atoms with van der Waals surface area (Å²) in [4.78, 5) is 20.6. The van der Waals surface area contributed by atoms with Crippen molar-refractivity contribution < 1.29 is 13.9 Å². The summed E-state index contributed by atoms with van der Waals surface area (Å²) in [5, 5.41) is 4.38. The molecule has 1 amide bonds. The molecular formula is C19H19ClFN5O2. The molecule has 0 unspecified atom stereocenters. The number of aromatic nitrogens is 3. The predicted octanol–water partition coefficient (Wildman–Crippen LogP) is 2.58. The average molecular weight is 404 g/mol. The molecule has 7 nitrogen and oxygen atoms in total. The van der Waals surface area contributed by atoms with E-state index < -0.39 is 5.95 Å². The van der Waals surface area contributed by atoms with Crippen LogP contribution in [-0.4, -0.2) is 58.9 Å². The van der Waals surface area contributed by atoms with Gasteiger partial charge >= 0.3 is 0 Å². The maximum atomic E-state index is 13.9. The fraction of sp³-hybridized carbons (Fsp3) is 0.316. The number of ether oxygens (including phenoxy) is 1. The molecule has 3 aromatic rings. The van der Waals surface area contributed by atoms with E-state index in [9.17, 15) is 9.18 Å². The van der Waals surface area contributed by atoms with Crippen LogP contribution < -0.4 is 9.64 Å². The molecule has 9 heteroatoms. The van der Waals surface area contributed by atoms with Crippen LogP contribution in [0, 0.1) is 5.95 Å². The van der Waals surface area contributed by atoms with Gasteiger partial charge in [0.25, 0.3) is 5.95 Å². The molecular weight excluding hydrogens is 385 g/mol. The molecule has 28 heavy (non-hydrogen) atoms. The van der Waals surface area contributed by atoms with Crippen molar-refractivity contribution in [2.24, 2.45) is 0 Å². The molecule has 146 valence electrons. The molecule has 0 N–H and O–H groups in total. The summed E-state index contributed by atoms with van der Waals surface area (Å²) in [5.74, 6) is -0.134. The Morgan fingerprint density at radius 2 is 2.04 bits per heavy atom. The second-order valence-corrected chi connectivity index (χ2v) is 6.91.